The molecule has 0 spiro atoms. The van der Waals surface area contributed by atoms with Crippen LogP contribution in [0.1, 0.15) is 38.8 Å². The smallest absolute Gasteiger partial charge is 0.296 e. The Morgan fingerprint density at radius 1 is 0.430 bits per heavy atom. The molecule has 4 unspecified atom stereocenters. The molecule has 0 saturated carbocycles. The zero-order valence-corrected chi connectivity index (χ0v) is 55.6. The summed E-state index contributed by atoms with van der Waals surface area (Å²) in [6, 6.07) is 9.85. The van der Waals surface area contributed by atoms with Crippen molar-refractivity contribution >= 4 is 188 Å². The van der Waals surface area contributed by atoms with Crippen LogP contribution in [-0.2, 0) is 60.7 Å². The van der Waals surface area contributed by atoms with Gasteiger partial charge in [-0.15, -0.1) is 0 Å². The fourth-order valence-electron chi connectivity index (χ4n) is 7.59. The van der Waals surface area contributed by atoms with Gasteiger partial charge in [-0.1, -0.05) is 24.3 Å². The summed E-state index contributed by atoms with van der Waals surface area (Å²) in [4.78, 5) is 32.8. The van der Waals surface area contributed by atoms with Crippen molar-refractivity contribution in [3.8, 4) is 0 Å². The van der Waals surface area contributed by atoms with Gasteiger partial charge >= 0.3 is 0 Å². The number of aromatic amines is 4. The first-order chi connectivity index (χ1) is 38.6. The average Bonchev–Trinajstić information content (AvgIpc) is 1.01. The molecule has 34 nitrogen and oxygen atoms in total. The Bertz CT molecular complexity index is 4270. The largest absolute Gasteiger partial charge is 0.392 e. The Kier molecular flexibility index (Phi) is 25.2. The molecule has 6 rings (SSSR count). The number of aliphatic hydroxyl groups is 4. The first-order valence-corrected chi connectivity index (χ1v) is 32.2. The number of nitrogens with zero attached hydrogens (tertiary/aromatic N) is 8. The van der Waals surface area contributed by atoms with E-state index in [0.717, 1.165) is 48.6 Å². The molecular weight excluding hydrogens is 1300 g/mol. The summed E-state index contributed by atoms with van der Waals surface area (Å²) >= 11 is 0. The Morgan fingerprint density at radius 2 is 0.733 bits per heavy atom. The van der Waals surface area contributed by atoms with Gasteiger partial charge in [-0.3, -0.25) is 47.3 Å². The number of hydrogen-bond donors (Lipinski definition) is 14. The monoisotopic (exact) mass is 1350 g/mol. The van der Waals surface area contributed by atoms with Gasteiger partial charge in [-0.25, -0.2) is 20.0 Å². The van der Waals surface area contributed by atoms with E-state index < -0.39 is 148 Å². The molecule has 4 atom stereocenters. The van der Waals surface area contributed by atoms with Gasteiger partial charge < -0.3 is 30.2 Å². The second-order valence-electron chi connectivity index (χ2n) is 18.3. The van der Waals surface area contributed by atoms with Crippen molar-refractivity contribution in [2.75, 3.05) is 36.0 Å². The predicted molar refractivity (Wildman–Crippen MR) is 303 cm³/mol. The third kappa shape index (κ3) is 21.0. The quantitative estimate of drug-likeness (QED) is 0.0214. The van der Waals surface area contributed by atoms with Gasteiger partial charge in [0.2, 0.25) is 34.4 Å². The van der Waals surface area contributed by atoms with E-state index in [4.69, 9.17) is 0 Å². The van der Waals surface area contributed by atoms with E-state index >= 15 is 0 Å². The number of aromatic nitrogens is 6. The first-order valence-electron chi connectivity index (χ1n) is 23.6. The molecule has 2 radical (unpaired) electrons. The number of benzene rings is 4. The van der Waals surface area contributed by atoms with Gasteiger partial charge in [0, 0.05) is 107 Å². The Balaban J connectivity index is 0.00000792. The molecule has 0 saturated heterocycles. The maximum atomic E-state index is 12.9. The molecule has 0 fully saturated rings. The standard InChI is InChI=1S/C44H52N12O22S6.K.Na/c1-23(57)19-55(20-24(2)58)43-51-39(49-41(53-43)47-33-17-31(79(61,62)63)11-13-35(33)81(67,68)69)45-29-9-7-27(37(15-29)83(73,74)75)5-6-28-8-10-30(16-38(28)84(76,77)78)46-40-50-42(54-44(52-40)56(21-25(3)59)22-26(4)60)48-34-18-32(80(64,65)66)12-14-36(34)82(70,71)72;;/h5-18,23-26,57-60H,19-22H2,1-4H3,(H,61,62,63)(H,64,65,66)(H,67,68,69)(H,70,71,72)(H,73,74,75)(H,76,77,78)(H2,45,47,49,51,53)(H2,46,48,50,52,54);;. The number of nitrogens with one attached hydrogen (secondary N) is 4. The van der Waals surface area contributed by atoms with Crippen LogP contribution in [0.15, 0.2) is 122 Å². The van der Waals surface area contributed by atoms with E-state index in [9.17, 15) is 98.2 Å². The minimum Gasteiger partial charge on any atom is -0.392 e. The number of hydrogen-bond acceptors (Lipinski definition) is 24. The summed E-state index contributed by atoms with van der Waals surface area (Å²) in [5.41, 5.74) is -4.89. The van der Waals surface area contributed by atoms with Crippen LogP contribution in [-0.4, -0.2) is 260 Å². The van der Waals surface area contributed by atoms with Crippen LogP contribution < -0.4 is 32.3 Å². The topological polar surface area (TPSA) is 552 Å². The van der Waals surface area contributed by atoms with E-state index in [-0.39, 0.29) is 142 Å². The molecule has 6 aromatic rings. The second kappa shape index (κ2) is 29.3. The molecule has 0 amide bonds. The van der Waals surface area contributed by atoms with Gasteiger partial charge in [-0.05, 0) is 99.5 Å². The van der Waals surface area contributed by atoms with E-state index in [1.165, 1.54) is 37.5 Å². The third-order valence-corrected chi connectivity index (χ3v) is 16.1. The molecule has 2 aromatic heterocycles. The van der Waals surface area contributed by atoms with Crippen LogP contribution in [0, 0.1) is 0 Å². The number of rotatable bonds is 22. The molecule has 0 aliphatic rings. The van der Waals surface area contributed by atoms with Gasteiger partial charge in [0.05, 0.1) is 57.0 Å². The first kappa shape index (κ1) is 73.8. The van der Waals surface area contributed by atoms with Gasteiger partial charge in [-0.2, -0.15) is 60.5 Å². The van der Waals surface area contributed by atoms with Crippen LogP contribution in [0.5, 0.6) is 0 Å². The number of aliphatic hydroxyl groups excluding tert-OH is 4. The summed E-state index contributed by atoms with van der Waals surface area (Å²) in [5.74, 6) is -0.522. The summed E-state index contributed by atoms with van der Waals surface area (Å²) < 4.78 is 209. The minimum atomic E-state index is -5.23. The average molecular weight is 1360 g/mol. The van der Waals surface area contributed by atoms with Crippen LogP contribution in [0.2, 0.25) is 0 Å². The van der Waals surface area contributed by atoms with Crippen molar-refractivity contribution in [2.24, 2.45) is 20.0 Å². The summed E-state index contributed by atoms with van der Waals surface area (Å²) in [6.07, 6.45) is -2.37. The van der Waals surface area contributed by atoms with E-state index in [1.54, 1.807) is 0 Å². The zero-order chi connectivity index (χ0) is 62.7. The summed E-state index contributed by atoms with van der Waals surface area (Å²) in [7, 11) is -30.7. The van der Waals surface area contributed by atoms with Crippen LogP contribution in [0.25, 0.3) is 12.2 Å². The molecule has 0 aliphatic heterocycles. The van der Waals surface area contributed by atoms with E-state index in [1.807, 2.05) is 0 Å². The normalized spacial score (nSPS) is 15.0. The molecule has 2 heterocycles. The molecule has 86 heavy (non-hydrogen) atoms. The fourth-order valence-corrected chi connectivity index (χ4v) is 11.2. The summed E-state index contributed by atoms with van der Waals surface area (Å²) in [5, 5.41) is 41.1. The Labute approximate surface area is 554 Å². The second-order valence-corrected chi connectivity index (χ2v) is 26.7. The molecule has 0 bridgehead atoms. The molecule has 458 valence electrons. The minimum absolute atomic E-state index is 0. The van der Waals surface area contributed by atoms with Crippen molar-refractivity contribution in [3.63, 3.8) is 0 Å². The zero-order valence-electron chi connectivity index (χ0n) is 45.6. The van der Waals surface area contributed by atoms with Crippen molar-refractivity contribution in [1.29, 1.82) is 0 Å². The number of anilines is 2. The number of H-pyrrole nitrogens is 4. The maximum Gasteiger partial charge on any atom is 0.296 e. The van der Waals surface area contributed by atoms with Crippen LogP contribution >= 0.6 is 0 Å². The van der Waals surface area contributed by atoms with Crippen LogP contribution in [0.3, 0.4) is 0 Å². The molecule has 4 aromatic carbocycles. The Hall–Kier alpha value is -4.62. The fraction of sp³-hybridized carbons (Fsp3) is 0.273. The molecular formula is C44H52KN12NaO22S6. The predicted octanol–water partition coefficient (Wildman–Crippen LogP) is -1.26. The molecule has 14 N–H and O–H groups in total. The van der Waals surface area contributed by atoms with E-state index in [0.29, 0.717) is 36.4 Å². The van der Waals surface area contributed by atoms with Crippen LogP contribution in [0.4, 0.5) is 34.6 Å². The van der Waals surface area contributed by atoms with Crippen molar-refractivity contribution < 1.29 is 98.2 Å². The summed E-state index contributed by atoms with van der Waals surface area (Å²) in [6.45, 7) is 4.56. The van der Waals surface area contributed by atoms with Gasteiger partial charge in [0.1, 0.15) is 19.6 Å². The van der Waals surface area contributed by atoms with Gasteiger partial charge in [0.15, 0.2) is 0 Å². The van der Waals surface area contributed by atoms with Gasteiger partial charge in [0.25, 0.3) is 60.7 Å². The van der Waals surface area contributed by atoms with Crippen molar-refractivity contribution in [2.45, 2.75) is 81.5 Å². The Morgan fingerprint density at radius 3 is 1.00 bits per heavy atom. The molecule has 42 heteroatoms. The van der Waals surface area contributed by atoms with Crippen molar-refractivity contribution in [3.05, 3.63) is 106 Å². The third-order valence-electron chi connectivity index (χ3n) is 10.8. The SMILES string of the molecule is CC(O)CN(CC(C)O)c1nc(=Nc2ccc(C=Cc3ccc(N=c4nc(N(CC(C)O)CC(C)O)[nH]c(=Nc5cc(S(=O)(=O)O)ccc5S(=O)(=O)O)[nH]4)cc3S(=O)(=O)O)c(S(=O)(=O)O)c2)[nH]c(=Nc2cc(S(=O)(=O)O)ccc2S(=O)(=O)O)[nH]1.[K].[Na]. The van der Waals surface area contributed by atoms with Crippen molar-refractivity contribution in [1.82, 2.24) is 29.9 Å². The maximum absolute atomic E-state index is 12.9. The molecule has 0 aliphatic carbocycles. The van der Waals surface area contributed by atoms with E-state index in [2.05, 4.69) is 49.9 Å².